The second kappa shape index (κ2) is 3.37. The Morgan fingerprint density at radius 2 is 1.77 bits per heavy atom. The molecule has 76 valence electrons. The van der Waals surface area contributed by atoms with Crippen molar-refractivity contribution < 1.29 is 0 Å². The summed E-state index contributed by atoms with van der Waals surface area (Å²) in [6.45, 7) is 7.46. The Kier molecular flexibility index (Phi) is 2.65. The van der Waals surface area contributed by atoms with Gasteiger partial charge in [0.05, 0.1) is 0 Å². The third kappa shape index (κ3) is 1.36. The van der Waals surface area contributed by atoms with E-state index >= 15 is 0 Å². The minimum atomic E-state index is 0.632. The van der Waals surface area contributed by atoms with Crippen molar-refractivity contribution in [1.82, 2.24) is 0 Å². The van der Waals surface area contributed by atoms with Crippen LogP contribution in [0.2, 0.25) is 0 Å². The van der Waals surface area contributed by atoms with Gasteiger partial charge < -0.3 is 0 Å². The van der Waals surface area contributed by atoms with Gasteiger partial charge in [-0.25, -0.2) is 0 Å². The Morgan fingerprint density at radius 3 is 2.23 bits per heavy atom. The van der Waals surface area contributed by atoms with Crippen LogP contribution in [0.15, 0.2) is 0 Å². The van der Waals surface area contributed by atoms with Crippen molar-refractivity contribution in [1.29, 1.82) is 0 Å². The van der Waals surface area contributed by atoms with Crippen LogP contribution >= 0.6 is 21.6 Å². The predicted molar refractivity (Wildman–Crippen MR) is 64.1 cm³/mol. The van der Waals surface area contributed by atoms with E-state index in [2.05, 4.69) is 37.8 Å². The summed E-state index contributed by atoms with van der Waals surface area (Å²) < 4.78 is 0. The van der Waals surface area contributed by atoms with Gasteiger partial charge in [-0.1, -0.05) is 42.4 Å². The fourth-order valence-electron chi connectivity index (χ4n) is 3.77. The van der Waals surface area contributed by atoms with E-state index in [4.69, 9.17) is 0 Å². The van der Waals surface area contributed by atoms with Crippen molar-refractivity contribution in [3.63, 3.8) is 0 Å². The van der Waals surface area contributed by atoms with E-state index in [1.807, 2.05) is 10.8 Å². The normalized spacial score (nSPS) is 47.1. The van der Waals surface area contributed by atoms with Gasteiger partial charge in [-0.15, -0.1) is 0 Å². The van der Waals surface area contributed by atoms with Crippen LogP contribution < -0.4 is 0 Å². The fourth-order valence-corrected chi connectivity index (χ4v) is 6.57. The van der Waals surface area contributed by atoms with Gasteiger partial charge in [-0.05, 0) is 42.3 Å². The quantitative estimate of drug-likeness (QED) is 0.638. The summed E-state index contributed by atoms with van der Waals surface area (Å²) in [6.07, 6.45) is 5.20. The molecule has 2 saturated carbocycles. The van der Waals surface area contributed by atoms with Gasteiger partial charge in [-0.2, -0.15) is 0 Å². The smallest absolute Gasteiger partial charge is 0.0213 e. The first kappa shape index (κ1) is 10.2. The Hall–Kier alpha value is 0.700. The SMILES string of the molecule is CSSC1C(C)C2CCC1C2(C)C. The third-order valence-electron chi connectivity index (χ3n) is 4.46. The first-order valence-electron chi connectivity index (χ1n) is 5.28. The maximum atomic E-state index is 2.49. The zero-order valence-corrected chi connectivity index (χ0v) is 10.7. The number of hydrogen-bond acceptors (Lipinski definition) is 2. The molecule has 0 heterocycles. The van der Waals surface area contributed by atoms with Gasteiger partial charge >= 0.3 is 0 Å². The molecule has 4 atom stereocenters. The molecule has 2 aliphatic carbocycles. The minimum absolute atomic E-state index is 0.632. The summed E-state index contributed by atoms with van der Waals surface area (Å²) in [4.78, 5) is 0. The zero-order valence-electron chi connectivity index (χ0n) is 9.04. The molecule has 0 aromatic heterocycles. The highest BCUT2D eigenvalue weighted by Gasteiger charge is 2.57. The van der Waals surface area contributed by atoms with Crippen LogP contribution in [0, 0.1) is 23.2 Å². The van der Waals surface area contributed by atoms with Crippen molar-refractivity contribution in [2.24, 2.45) is 23.2 Å². The van der Waals surface area contributed by atoms with E-state index < -0.39 is 0 Å². The van der Waals surface area contributed by atoms with Crippen LogP contribution in [0.3, 0.4) is 0 Å². The third-order valence-corrected chi connectivity index (χ3v) is 6.87. The minimum Gasteiger partial charge on any atom is -0.0973 e. The fraction of sp³-hybridized carbons (Fsp3) is 1.00. The van der Waals surface area contributed by atoms with Crippen molar-refractivity contribution in [3.05, 3.63) is 0 Å². The second-order valence-electron chi connectivity index (χ2n) is 5.20. The Morgan fingerprint density at radius 1 is 1.15 bits per heavy atom. The van der Waals surface area contributed by atoms with Gasteiger partial charge in [-0.3, -0.25) is 0 Å². The van der Waals surface area contributed by atoms with E-state index in [-0.39, 0.29) is 0 Å². The highest BCUT2D eigenvalue weighted by Crippen LogP contribution is 2.64. The summed E-state index contributed by atoms with van der Waals surface area (Å²) in [5.74, 6) is 2.94. The molecule has 13 heavy (non-hydrogen) atoms. The van der Waals surface area contributed by atoms with Gasteiger partial charge in [0, 0.05) is 5.25 Å². The van der Waals surface area contributed by atoms with E-state index in [0.29, 0.717) is 5.41 Å². The molecule has 0 N–H and O–H groups in total. The molecule has 0 spiro atoms. The molecule has 2 heteroatoms. The summed E-state index contributed by atoms with van der Waals surface area (Å²) in [6, 6.07) is 0. The van der Waals surface area contributed by atoms with Crippen LogP contribution in [0.25, 0.3) is 0 Å². The second-order valence-corrected chi connectivity index (χ2v) is 7.85. The number of hydrogen-bond donors (Lipinski definition) is 0. The first-order valence-corrected chi connectivity index (χ1v) is 7.90. The van der Waals surface area contributed by atoms with E-state index in [1.165, 1.54) is 12.8 Å². The lowest BCUT2D eigenvalue weighted by atomic mass is 9.80. The van der Waals surface area contributed by atoms with E-state index in [9.17, 15) is 0 Å². The monoisotopic (exact) mass is 216 g/mol. The molecule has 0 amide bonds. The van der Waals surface area contributed by atoms with Crippen molar-refractivity contribution in [2.75, 3.05) is 6.26 Å². The van der Waals surface area contributed by atoms with Crippen molar-refractivity contribution >= 4 is 21.6 Å². The molecule has 0 aromatic carbocycles. The number of fused-ring (bicyclic) bond motifs is 2. The van der Waals surface area contributed by atoms with Crippen LogP contribution in [0.5, 0.6) is 0 Å². The molecule has 2 rings (SSSR count). The molecule has 2 aliphatic rings. The average molecular weight is 216 g/mol. The van der Waals surface area contributed by atoms with E-state index in [0.717, 1.165) is 23.0 Å². The Labute approximate surface area is 90.0 Å². The molecule has 0 aliphatic heterocycles. The lowest BCUT2D eigenvalue weighted by Crippen LogP contribution is -2.21. The lowest BCUT2D eigenvalue weighted by Gasteiger charge is -2.26. The predicted octanol–water partition coefficient (Wildman–Crippen LogP) is 4.07. The van der Waals surface area contributed by atoms with Crippen molar-refractivity contribution in [2.45, 2.75) is 38.9 Å². The molecule has 0 aromatic rings. The summed E-state index contributed by atoms with van der Waals surface area (Å²) in [5, 5.41) is 0.934. The maximum Gasteiger partial charge on any atom is 0.0213 e. The summed E-state index contributed by atoms with van der Waals surface area (Å²) in [7, 11) is 4.09. The Balaban J connectivity index is 2.18. The summed E-state index contributed by atoms with van der Waals surface area (Å²) >= 11 is 0. The van der Waals surface area contributed by atoms with Crippen LogP contribution in [-0.2, 0) is 0 Å². The largest absolute Gasteiger partial charge is 0.0973 e. The maximum absolute atomic E-state index is 2.49. The molecular formula is C11H20S2. The highest BCUT2D eigenvalue weighted by molar-refractivity contribution is 8.76. The first-order chi connectivity index (χ1) is 6.09. The van der Waals surface area contributed by atoms with Gasteiger partial charge in [0.15, 0.2) is 0 Å². The average Bonchev–Trinajstić information content (AvgIpc) is 2.43. The summed E-state index contributed by atoms with van der Waals surface area (Å²) in [5.41, 5.74) is 0.632. The highest BCUT2D eigenvalue weighted by atomic mass is 33.1. The van der Waals surface area contributed by atoms with E-state index in [1.54, 1.807) is 0 Å². The van der Waals surface area contributed by atoms with Crippen LogP contribution in [0.4, 0.5) is 0 Å². The lowest BCUT2D eigenvalue weighted by molar-refractivity contribution is 0.241. The molecule has 2 bridgehead atoms. The molecule has 0 nitrogen and oxygen atoms in total. The molecule has 0 saturated heterocycles. The van der Waals surface area contributed by atoms with Gasteiger partial charge in [0.1, 0.15) is 0 Å². The zero-order chi connectivity index (χ0) is 9.64. The topological polar surface area (TPSA) is 0 Å². The molecule has 2 fully saturated rings. The van der Waals surface area contributed by atoms with Crippen LogP contribution in [0.1, 0.15) is 33.6 Å². The molecular weight excluding hydrogens is 196 g/mol. The van der Waals surface area contributed by atoms with Gasteiger partial charge in [0.2, 0.25) is 0 Å². The molecule has 4 unspecified atom stereocenters. The van der Waals surface area contributed by atoms with Crippen molar-refractivity contribution in [3.8, 4) is 0 Å². The van der Waals surface area contributed by atoms with Crippen LogP contribution in [-0.4, -0.2) is 11.5 Å². The number of rotatable bonds is 2. The van der Waals surface area contributed by atoms with Gasteiger partial charge in [0.25, 0.3) is 0 Å². The Bertz CT molecular complexity index is 200. The standard InChI is InChI=1S/C11H20S2/c1-7-8-5-6-9(11(8,2)3)10(7)13-12-4/h7-10H,5-6H2,1-4H3. The molecule has 0 radical (unpaired) electrons.